The van der Waals surface area contributed by atoms with E-state index in [4.69, 9.17) is 16.4 Å². The maximum absolute atomic E-state index is 14.4. The highest BCUT2D eigenvalue weighted by atomic mass is 35.5. The Labute approximate surface area is 219 Å². The normalized spacial score (nSPS) is 18.9. The summed E-state index contributed by atoms with van der Waals surface area (Å²) in [5.41, 5.74) is 4.27. The zero-order chi connectivity index (χ0) is 25.7. The van der Waals surface area contributed by atoms with E-state index in [0.717, 1.165) is 43.3 Å². The standard InChI is InChI=1S/C27H28ClFN6O2/c1-16(2)26-31-30-24-15-33(11-12-35(24)26)22-8-3-5-17-14-34(10-9-18(17)22)27(36)23-13-21(32-37-23)19-6-4-7-20(28)25(19)29/h3-8,16,23H,9-15H2,1-2H3. The molecule has 0 aliphatic carbocycles. The number of rotatable bonds is 4. The summed E-state index contributed by atoms with van der Waals surface area (Å²) in [5, 5.41) is 12.9. The second-order valence-electron chi connectivity index (χ2n) is 10.1. The number of nitrogens with zero attached hydrogens (tertiary/aromatic N) is 6. The van der Waals surface area contributed by atoms with Crippen molar-refractivity contribution in [1.82, 2.24) is 19.7 Å². The van der Waals surface area contributed by atoms with Crippen molar-refractivity contribution >= 4 is 28.9 Å². The van der Waals surface area contributed by atoms with Gasteiger partial charge in [0.25, 0.3) is 5.91 Å². The molecule has 4 heterocycles. The van der Waals surface area contributed by atoms with Crippen molar-refractivity contribution in [3.8, 4) is 0 Å². The quantitative estimate of drug-likeness (QED) is 0.511. The van der Waals surface area contributed by atoms with E-state index >= 15 is 0 Å². The van der Waals surface area contributed by atoms with Gasteiger partial charge in [-0.1, -0.05) is 48.8 Å². The SMILES string of the molecule is CC(C)c1nnc2n1CCN(c1cccc3c1CCN(C(=O)C1CC(c4cccc(Cl)c4F)=NO1)C3)C2. The number of anilines is 1. The van der Waals surface area contributed by atoms with Gasteiger partial charge in [0.15, 0.2) is 11.6 Å². The first-order valence-electron chi connectivity index (χ1n) is 12.6. The number of amides is 1. The van der Waals surface area contributed by atoms with Crippen LogP contribution in [-0.2, 0) is 35.7 Å². The van der Waals surface area contributed by atoms with Crippen molar-refractivity contribution in [2.75, 3.05) is 18.0 Å². The summed E-state index contributed by atoms with van der Waals surface area (Å²) in [6.07, 6.45) is 0.203. The van der Waals surface area contributed by atoms with Crippen molar-refractivity contribution in [3.05, 3.63) is 75.6 Å². The largest absolute Gasteiger partial charge is 0.382 e. The van der Waals surface area contributed by atoms with E-state index in [2.05, 4.69) is 56.9 Å². The van der Waals surface area contributed by atoms with E-state index in [1.54, 1.807) is 12.1 Å². The molecule has 1 unspecified atom stereocenters. The fraction of sp³-hybridized carbons (Fsp3) is 0.407. The molecule has 37 heavy (non-hydrogen) atoms. The maximum atomic E-state index is 14.4. The van der Waals surface area contributed by atoms with Crippen molar-refractivity contribution < 1.29 is 14.0 Å². The highest BCUT2D eigenvalue weighted by molar-refractivity contribution is 6.31. The van der Waals surface area contributed by atoms with E-state index in [-0.39, 0.29) is 22.9 Å². The lowest BCUT2D eigenvalue weighted by Crippen LogP contribution is -2.43. The first-order chi connectivity index (χ1) is 17.9. The average molecular weight is 523 g/mol. The van der Waals surface area contributed by atoms with Gasteiger partial charge in [0.2, 0.25) is 6.10 Å². The summed E-state index contributed by atoms with van der Waals surface area (Å²) in [5.74, 6) is 1.69. The van der Waals surface area contributed by atoms with Crippen LogP contribution in [0.25, 0.3) is 0 Å². The Morgan fingerprint density at radius 1 is 1.11 bits per heavy atom. The van der Waals surface area contributed by atoms with Gasteiger partial charge in [0, 0.05) is 49.8 Å². The number of aromatic nitrogens is 3. The smallest absolute Gasteiger partial charge is 0.267 e. The number of halogens is 2. The van der Waals surface area contributed by atoms with Crippen molar-refractivity contribution in [3.63, 3.8) is 0 Å². The molecule has 0 radical (unpaired) electrons. The van der Waals surface area contributed by atoms with Crippen LogP contribution in [0.15, 0.2) is 41.6 Å². The number of fused-ring (bicyclic) bond motifs is 2. The molecular weight excluding hydrogens is 495 g/mol. The lowest BCUT2D eigenvalue weighted by atomic mass is 9.96. The molecule has 1 aromatic heterocycles. The lowest BCUT2D eigenvalue weighted by Gasteiger charge is -2.36. The van der Waals surface area contributed by atoms with Crippen LogP contribution in [0.4, 0.5) is 10.1 Å². The zero-order valence-corrected chi connectivity index (χ0v) is 21.6. The molecule has 1 atom stereocenters. The van der Waals surface area contributed by atoms with Crippen LogP contribution in [0.3, 0.4) is 0 Å². The predicted octanol–water partition coefficient (Wildman–Crippen LogP) is 4.29. The molecule has 0 fully saturated rings. The van der Waals surface area contributed by atoms with Gasteiger partial charge in [-0.25, -0.2) is 4.39 Å². The Bertz CT molecular complexity index is 1400. The molecule has 3 aliphatic heterocycles. The summed E-state index contributed by atoms with van der Waals surface area (Å²) >= 11 is 5.91. The summed E-state index contributed by atoms with van der Waals surface area (Å²) in [6.45, 7) is 7.84. The first-order valence-corrected chi connectivity index (χ1v) is 13.0. The summed E-state index contributed by atoms with van der Waals surface area (Å²) in [4.78, 5) is 22.9. The van der Waals surface area contributed by atoms with E-state index in [1.807, 2.05) is 4.90 Å². The minimum Gasteiger partial charge on any atom is -0.382 e. The van der Waals surface area contributed by atoms with Crippen molar-refractivity contribution in [1.29, 1.82) is 0 Å². The first kappa shape index (κ1) is 23.9. The van der Waals surface area contributed by atoms with Crippen LogP contribution >= 0.6 is 11.6 Å². The topological polar surface area (TPSA) is 75.9 Å². The van der Waals surface area contributed by atoms with E-state index in [1.165, 1.54) is 17.3 Å². The highest BCUT2D eigenvalue weighted by Crippen LogP contribution is 2.33. The Morgan fingerprint density at radius 3 is 2.78 bits per heavy atom. The predicted molar refractivity (Wildman–Crippen MR) is 138 cm³/mol. The zero-order valence-electron chi connectivity index (χ0n) is 20.8. The van der Waals surface area contributed by atoms with Crippen molar-refractivity contribution in [2.45, 2.75) is 58.3 Å². The Balaban J connectivity index is 1.15. The number of hydrogen-bond donors (Lipinski definition) is 0. The van der Waals surface area contributed by atoms with Crippen LogP contribution in [0.1, 0.15) is 54.5 Å². The molecule has 0 saturated heterocycles. The minimum absolute atomic E-state index is 0.0210. The van der Waals surface area contributed by atoms with Gasteiger partial charge in [-0.2, -0.15) is 0 Å². The molecular formula is C27H28ClFN6O2. The number of benzene rings is 2. The van der Waals surface area contributed by atoms with Crippen molar-refractivity contribution in [2.24, 2.45) is 5.16 Å². The van der Waals surface area contributed by atoms with Gasteiger partial charge < -0.3 is 19.2 Å². The van der Waals surface area contributed by atoms with Crippen LogP contribution in [0.5, 0.6) is 0 Å². The molecule has 3 aromatic rings. The second-order valence-corrected chi connectivity index (χ2v) is 10.5. The van der Waals surface area contributed by atoms with Crippen LogP contribution in [0.2, 0.25) is 5.02 Å². The molecule has 0 spiro atoms. The van der Waals surface area contributed by atoms with Crippen LogP contribution in [-0.4, -0.2) is 50.5 Å². The monoisotopic (exact) mass is 522 g/mol. The molecule has 0 saturated carbocycles. The van der Waals surface area contributed by atoms with Gasteiger partial charge in [-0.3, -0.25) is 4.79 Å². The van der Waals surface area contributed by atoms with E-state index < -0.39 is 11.9 Å². The summed E-state index contributed by atoms with van der Waals surface area (Å²) in [6, 6.07) is 11.0. The molecule has 1 amide bonds. The van der Waals surface area contributed by atoms with E-state index in [0.29, 0.717) is 24.7 Å². The molecule has 2 aromatic carbocycles. The molecule has 10 heteroatoms. The molecule has 8 nitrogen and oxygen atoms in total. The fourth-order valence-corrected chi connectivity index (χ4v) is 5.66. The number of oxime groups is 1. The van der Waals surface area contributed by atoms with Gasteiger partial charge in [0.1, 0.15) is 5.82 Å². The average Bonchev–Trinajstić information content (AvgIpc) is 3.56. The highest BCUT2D eigenvalue weighted by Gasteiger charge is 2.35. The van der Waals surface area contributed by atoms with E-state index in [9.17, 15) is 9.18 Å². The van der Waals surface area contributed by atoms with Gasteiger partial charge in [0.05, 0.1) is 17.3 Å². The number of carbonyl (C=O) groups excluding carboxylic acids is 1. The number of hydrogen-bond acceptors (Lipinski definition) is 6. The molecule has 192 valence electrons. The molecule has 3 aliphatic rings. The fourth-order valence-electron chi connectivity index (χ4n) is 5.49. The van der Waals surface area contributed by atoms with Gasteiger partial charge in [-0.15, -0.1) is 10.2 Å². The third-order valence-electron chi connectivity index (χ3n) is 7.40. The minimum atomic E-state index is -0.762. The Morgan fingerprint density at radius 2 is 1.95 bits per heavy atom. The molecule has 6 rings (SSSR count). The van der Waals surface area contributed by atoms with Crippen LogP contribution in [0, 0.1) is 5.82 Å². The van der Waals surface area contributed by atoms with Gasteiger partial charge in [-0.05, 0) is 35.7 Å². The van der Waals surface area contributed by atoms with Gasteiger partial charge >= 0.3 is 0 Å². The molecule has 0 bridgehead atoms. The Kier molecular flexibility index (Phi) is 6.10. The molecule has 0 N–H and O–H groups in total. The van der Waals surface area contributed by atoms with Crippen LogP contribution < -0.4 is 4.90 Å². The summed E-state index contributed by atoms with van der Waals surface area (Å²) in [7, 11) is 0. The lowest BCUT2D eigenvalue weighted by molar-refractivity contribution is -0.143. The Hall–Kier alpha value is -3.46. The second kappa shape index (κ2) is 9.45. The summed E-state index contributed by atoms with van der Waals surface area (Å²) < 4.78 is 16.7. The number of carbonyl (C=O) groups is 1. The maximum Gasteiger partial charge on any atom is 0.267 e. The third kappa shape index (κ3) is 4.25. The third-order valence-corrected chi connectivity index (χ3v) is 7.69.